The highest BCUT2D eigenvalue weighted by atomic mass is 16.5. The summed E-state index contributed by atoms with van der Waals surface area (Å²) in [6.07, 6.45) is 1.11. The fourth-order valence-electron chi connectivity index (χ4n) is 1.95. The zero-order valence-corrected chi connectivity index (χ0v) is 12.6. The van der Waals surface area contributed by atoms with Crippen LogP contribution in [0.25, 0.3) is 0 Å². The third-order valence-corrected chi connectivity index (χ3v) is 3.49. The van der Waals surface area contributed by atoms with E-state index in [1.807, 2.05) is 12.1 Å². The molecule has 0 aliphatic carbocycles. The minimum atomic E-state index is -0.487. The molecule has 0 aliphatic rings. The van der Waals surface area contributed by atoms with Crippen LogP contribution >= 0.6 is 0 Å². The molecule has 1 heterocycles. The lowest BCUT2D eigenvalue weighted by Gasteiger charge is -2.10. The monoisotopic (exact) mass is 288 g/mol. The van der Waals surface area contributed by atoms with Gasteiger partial charge in [0.1, 0.15) is 18.1 Å². The van der Waals surface area contributed by atoms with Gasteiger partial charge in [0.25, 0.3) is 0 Å². The molecule has 2 rings (SSSR count). The van der Waals surface area contributed by atoms with Gasteiger partial charge in [-0.1, -0.05) is 26.0 Å². The standard InChI is InChI=1S/C17H20O4/c1-4-12(2)13-5-7-14(8-6-13)20-11-15-9-10-16(21-15)17(18)19-3/h5-10,12H,4,11H2,1-3H3/t12-/m0/s1. The van der Waals surface area contributed by atoms with E-state index in [4.69, 9.17) is 9.15 Å². The lowest BCUT2D eigenvalue weighted by atomic mass is 9.99. The molecule has 0 bridgehead atoms. The number of carbonyl (C=O) groups excluding carboxylic acids is 1. The molecule has 1 aromatic heterocycles. The number of furan rings is 1. The first kappa shape index (κ1) is 15.2. The first-order chi connectivity index (χ1) is 10.1. The number of esters is 1. The fraction of sp³-hybridized carbons (Fsp3) is 0.353. The lowest BCUT2D eigenvalue weighted by Crippen LogP contribution is -1.99. The highest BCUT2D eigenvalue weighted by molar-refractivity contribution is 5.86. The van der Waals surface area contributed by atoms with Crippen molar-refractivity contribution >= 4 is 5.97 Å². The van der Waals surface area contributed by atoms with E-state index in [1.165, 1.54) is 12.7 Å². The molecule has 1 aromatic carbocycles. The Hall–Kier alpha value is -2.23. The number of benzene rings is 1. The molecule has 4 nitrogen and oxygen atoms in total. The number of ether oxygens (including phenoxy) is 2. The van der Waals surface area contributed by atoms with E-state index in [-0.39, 0.29) is 12.4 Å². The summed E-state index contributed by atoms with van der Waals surface area (Å²) in [5.74, 6) is 1.61. The molecule has 0 N–H and O–H groups in total. The summed E-state index contributed by atoms with van der Waals surface area (Å²) in [7, 11) is 1.32. The fourth-order valence-corrected chi connectivity index (χ4v) is 1.95. The van der Waals surface area contributed by atoms with Gasteiger partial charge in [-0.15, -0.1) is 0 Å². The Balaban J connectivity index is 1.93. The second-order valence-corrected chi connectivity index (χ2v) is 4.92. The predicted octanol–water partition coefficient (Wildman–Crippen LogP) is 4.16. The first-order valence-electron chi connectivity index (χ1n) is 7.03. The van der Waals surface area contributed by atoms with Crippen LogP contribution < -0.4 is 4.74 Å². The van der Waals surface area contributed by atoms with E-state index in [9.17, 15) is 4.79 Å². The summed E-state index contributed by atoms with van der Waals surface area (Å²) >= 11 is 0. The number of methoxy groups -OCH3 is 1. The van der Waals surface area contributed by atoms with Crippen LogP contribution in [0.5, 0.6) is 5.75 Å². The molecule has 0 unspecified atom stereocenters. The highest BCUT2D eigenvalue weighted by Gasteiger charge is 2.11. The van der Waals surface area contributed by atoms with Gasteiger partial charge in [-0.2, -0.15) is 0 Å². The van der Waals surface area contributed by atoms with Gasteiger partial charge in [0.15, 0.2) is 0 Å². The summed E-state index contributed by atoms with van der Waals surface area (Å²) in [6.45, 7) is 4.65. The van der Waals surface area contributed by atoms with Gasteiger partial charge in [0, 0.05) is 0 Å². The molecule has 0 spiro atoms. The molecular weight excluding hydrogens is 268 g/mol. The van der Waals surface area contributed by atoms with Crippen molar-refractivity contribution < 1.29 is 18.7 Å². The van der Waals surface area contributed by atoms with Gasteiger partial charge in [0.05, 0.1) is 7.11 Å². The van der Waals surface area contributed by atoms with Crippen molar-refractivity contribution in [3.63, 3.8) is 0 Å². The van der Waals surface area contributed by atoms with Crippen molar-refractivity contribution in [1.29, 1.82) is 0 Å². The molecule has 0 aliphatic heterocycles. The van der Waals surface area contributed by atoms with Crippen LogP contribution in [0.15, 0.2) is 40.8 Å². The molecule has 1 atom stereocenters. The molecule has 0 fully saturated rings. The predicted molar refractivity (Wildman–Crippen MR) is 79.5 cm³/mol. The number of hydrogen-bond donors (Lipinski definition) is 0. The molecule has 2 aromatic rings. The Bertz CT molecular complexity index is 583. The summed E-state index contributed by atoms with van der Waals surface area (Å²) in [5.41, 5.74) is 1.30. The maximum absolute atomic E-state index is 11.3. The minimum Gasteiger partial charge on any atom is -0.486 e. The molecule has 0 radical (unpaired) electrons. The summed E-state index contributed by atoms with van der Waals surface area (Å²) in [6, 6.07) is 11.3. The van der Waals surface area contributed by atoms with Crippen LogP contribution in [0.1, 0.15) is 48.1 Å². The topological polar surface area (TPSA) is 48.7 Å². The zero-order chi connectivity index (χ0) is 15.2. The Morgan fingerprint density at radius 3 is 2.52 bits per heavy atom. The van der Waals surface area contributed by atoms with Crippen molar-refractivity contribution in [2.24, 2.45) is 0 Å². The SMILES string of the molecule is CC[C@H](C)c1ccc(OCc2ccc(C(=O)OC)o2)cc1. The van der Waals surface area contributed by atoms with Gasteiger partial charge in [-0.05, 0) is 42.2 Å². The van der Waals surface area contributed by atoms with E-state index >= 15 is 0 Å². The van der Waals surface area contributed by atoms with Crippen LogP contribution in [0, 0.1) is 0 Å². The molecule has 0 amide bonds. The quantitative estimate of drug-likeness (QED) is 0.749. The van der Waals surface area contributed by atoms with Crippen LogP contribution in [0.2, 0.25) is 0 Å². The van der Waals surface area contributed by atoms with Crippen molar-refractivity contribution in [3.05, 3.63) is 53.5 Å². The summed E-state index contributed by atoms with van der Waals surface area (Å²) in [4.78, 5) is 11.3. The van der Waals surface area contributed by atoms with Crippen LogP contribution in [0.3, 0.4) is 0 Å². The summed E-state index contributed by atoms with van der Waals surface area (Å²) in [5, 5.41) is 0. The van der Waals surface area contributed by atoms with Crippen LogP contribution in [-0.2, 0) is 11.3 Å². The normalized spacial score (nSPS) is 12.0. The number of carbonyl (C=O) groups is 1. The largest absolute Gasteiger partial charge is 0.486 e. The average Bonchev–Trinajstić information content (AvgIpc) is 3.01. The number of hydrogen-bond acceptors (Lipinski definition) is 4. The van der Waals surface area contributed by atoms with Crippen LogP contribution in [0.4, 0.5) is 0 Å². The van der Waals surface area contributed by atoms with E-state index in [1.54, 1.807) is 12.1 Å². The van der Waals surface area contributed by atoms with Crippen molar-refractivity contribution in [3.8, 4) is 5.75 Å². The van der Waals surface area contributed by atoms with Crippen LogP contribution in [-0.4, -0.2) is 13.1 Å². The maximum Gasteiger partial charge on any atom is 0.373 e. The van der Waals surface area contributed by atoms with Gasteiger partial charge in [0.2, 0.25) is 5.76 Å². The third kappa shape index (κ3) is 3.88. The van der Waals surface area contributed by atoms with E-state index < -0.39 is 5.97 Å². The molecule has 0 saturated heterocycles. The second kappa shape index (κ2) is 6.97. The van der Waals surface area contributed by atoms with Gasteiger partial charge < -0.3 is 13.9 Å². The van der Waals surface area contributed by atoms with Gasteiger partial charge in [-0.25, -0.2) is 4.79 Å². The van der Waals surface area contributed by atoms with E-state index in [2.05, 4.69) is 30.7 Å². The van der Waals surface area contributed by atoms with Crippen molar-refractivity contribution in [2.45, 2.75) is 32.8 Å². The number of rotatable bonds is 6. The second-order valence-electron chi connectivity index (χ2n) is 4.92. The molecule has 4 heteroatoms. The molecule has 0 saturated carbocycles. The summed E-state index contributed by atoms with van der Waals surface area (Å²) < 4.78 is 15.6. The Labute approximate surface area is 124 Å². The third-order valence-electron chi connectivity index (χ3n) is 3.49. The zero-order valence-electron chi connectivity index (χ0n) is 12.6. The van der Waals surface area contributed by atoms with Gasteiger partial charge >= 0.3 is 5.97 Å². The minimum absolute atomic E-state index is 0.184. The van der Waals surface area contributed by atoms with Crippen molar-refractivity contribution in [2.75, 3.05) is 7.11 Å². The average molecular weight is 288 g/mol. The van der Waals surface area contributed by atoms with E-state index in [0.717, 1.165) is 12.2 Å². The first-order valence-corrected chi connectivity index (χ1v) is 7.03. The van der Waals surface area contributed by atoms with E-state index in [0.29, 0.717) is 11.7 Å². The Morgan fingerprint density at radius 1 is 1.19 bits per heavy atom. The molecular formula is C17H20O4. The highest BCUT2D eigenvalue weighted by Crippen LogP contribution is 2.22. The Morgan fingerprint density at radius 2 is 1.90 bits per heavy atom. The molecule has 112 valence electrons. The lowest BCUT2D eigenvalue weighted by molar-refractivity contribution is 0.0561. The smallest absolute Gasteiger partial charge is 0.373 e. The Kier molecular flexibility index (Phi) is 5.04. The van der Waals surface area contributed by atoms with Gasteiger partial charge in [-0.3, -0.25) is 0 Å². The van der Waals surface area contributed by atoms with Crippen molar-refractivity contribution in [1.82, 2.24) is 0 Å². The maximum atomic E-state index is 11.3. The molecule has 21 heavy (non-hydrogen) atoms.